The first-order valence-electron chi connectivity index (χ1n) is 10.5. The molecular weight excluding hydrogens is 384 g/mol. The van der Waals surface area contributed by atoms with E-state index in [2.05, 4.69) is 11.0 Å². The zero-order valence-corrected chi connectivity index (χ0v) is 18.0. The number of carbonyl (C=O) groups is 2. The van der Waals surface area contributed by atoms with E-state index in [9.17, 15) is 14.9 Å². The monoisotopic (exact) mass is 416 g/mol. The fraction of sp³-hybridized carbons (Fsp3) is 0.609. The summed E-state index contributed by atoms with van der Waals surface area (Å²) in [6, 6.07) is 9.70. The Balaban J connectivity index is 2.00. The summed E-state index contributed by atoms with van der Waals surface area (Å²) >= 11 is 0. The molecule has 1 saturated heterocycles. The van der Waals surface area contributed by atoms with Crippen LogP contribution in [0.5, 0.6) is 5.75 Å². The molecule has 0 radical (unpaired) electrons. The summed E-state index contributed by atoms with van der Waals surface area (Å²) in [5.74, 6) is -0.0238. The van der Waals surface area contributed by atoms with Gasteiger partial charge in [0.1, 0.15) is 5.75 Å². The third-order valence-corrected chi connectivity index (χ3v) is 5.67. The first-order chi connectivity index (χ1) is 14.5. The SMILES string of the molecule is COC(=O)CCC(C#N)(CCC(=O)OC)c1ccc(OCCCN2CCCC2)cc1. The van der Waals surface area contributed by atoms with Gasteiger partial charge in [-0.15, -0.1) is 0 Å². The van der Waals surface area contributed by atoms with Gasteiger partial charge >= 0.3 is 11.9 Å². The van der Waals surface area contributed by atoms with Crippen molar-refractivity contribution in [2.24, 2.45) is 0 Å². The summed E-state index contributed by atoms with van der Waals surface area (Å²) in [4.78, 5) is 25.8. The number of carbonyl (C=O) groups excluding carboxylic acids is 2. The highest BCUT2D eigenvalue weighted by Crippen LogP contribution is 2.35. The van der Waals surface area contributed by atoms with Crippen molar-refractivity contribution in [3.8, 4) is 11.8 Å². The van der Waals surface area contributed by atoms with Crippen molar-refractivity contribution in [3.63, 3.8) is 0 Å². The number of rotatable bonds is 12. The lowest BCUT2D eigenvalue weighted by Gasteiger charge is -2.27. The van der Waals surface area contributed by atoms with Crippen molar-refractivity contribution >= 4 is 11.9 Å². The zero-order valence-electron chi connectivity index (χ0n) is 18.0. The fourth-order valence-corrected chi connectivity index (χ4v) is 3.78. The highest BCUT2D eigenvalue weighted by molar-refractivity contribution is 5.70. The van der Waals surface area contributed by atoms with Crippen molar-refractivity contribution in [3.05, 3.63) is 29.8 Å². The molecule has 0 N–H and O–H groups in total. The van der Waals surface area contributed by atoms with Crippen molar-refractivity contribution in [1.29, 1.82) is 5.26 Å². The average molecular weight is 417 g/mol. The standard InChI is InChI=1S/C23H32N2O5/c1-28-21(26)10-12-23(18-24,13-11-22(27)29-2)19-6-8-20(9-7-19)30-17-5-16-25-14-3-4-15-25/h6-9H,3-5,10-17H2,1-2H3. The largest absolute Gasteiger partial charge is 0.494 e. The molecule has 0 aliphatic carbocycles. The van der Waals surface area contributed by atoms with Gasteiger partial charge in [0.2, 0.25) is 0 Å². The molecule has 1 fully saturated rings. The van der Waals surface area contributed by atoms with Crippen LogP contribution < -0.4 is 4.74 Å². The number of nitriles is 1. The van der Waals surface area contributed by atoms with E-state index in [1.54, 1.807) is 0 Å². The zero-order chi connectivity index (χ0) is 21.8. The van der Waals surface area contributed by atoms with E-state index in [1.807, 2.05) is 24.3 Å². The number of hydrogen-bond donors (Lipinski definition) is 0. The van der Waals surface area contributed by atoms with Crippen molar-refractivity contribution in [2.45, 2.75) is 50.4 Å². The predicted molar refractivity (Wildman–Crippen MR) is 112 cm³/mol. The third-order valence-electron chi connectivity index (χ3n) is 5.67. The number of ether oxygens (including phenoxy) is 3. The summed E-state index contributed by atoms with van der Waals surface area (Å²) in [5.41, 5.74) is -0.223. The molecule has 1 aromatic carbocycles. The van der Waals surface area contributed by atoms with Gasteiger partial charge in [-0.1, -0.05) is 12.1 Å². The number of benzene rings is 1. The molecule has 0 saturated carbocycles. The van der Waals surface area contributed by atoms with Gasteiger partial charge in [-0.3, -0.25) is 9.59 Å². The van der Waals surface area contributed by atoms with Crippen LogP contribution in [0.1, 0.15) is 50.5 Å². The minimum Gasteiger partial charge on any atom is -0.494 e. The molecular formula is C23H32N2O5. The summed E-state index contributed by atoms with van der Waals surface area (Å²) in [5, 5.41) is 9.96. The molecule has 1 aliphatic rings. The Morgan fingerprint density at radius 3 is 2.10 bits per heavy atom. The van der Waals surface area contributed by atoms with Crippen molar-refractivity contribution in [1.82, 2.24) is 4.90 Å². The average Bonchev–Trinajstić information content (AvgIpc) is 3.31. The molecule has 1 aromatic rings. The molecule has 164 valence electrons. The summed E-state index contributed by atoms with van der Waals surface area (Å²) in [6.45, 7) is 4.06. The fourth-order valence-electron chi connectivity index (χ4n) is 3.78. The molecule has 0 bridgehead atoms. The van der Waals surface area contributed by atoms with Crippen molar-refractivity contribution < 1.29 is 23.8 Å². The van der Waals surface area contributed by atoms with Gasteiger partial charge in [0.15, 0.2) is 0 Å². The predicted octanol–water partition coefficient (Wildman–Crippen LogP) is 3.22. The Labute approximate surface area is 178 Å². The molecule has 1 heterocycles. The maximum absolute atomic E-state index is 11.6. The minimum absolute atomic E-state index is 0.0972. The van der Waals surface area contributed by atoms with Crippen LogP contribution in [0.25, 0.3) is 0 Å². The lowest BCUT2D eigenvalue weighted by Crippen LogP contribution is -2.27. The second-order valence-corrected chi connectivity index (χ2v) is 7.62. The van der Waals surface area contributed by atoms with E-state index in [-0.39, 0.29) is 37.6 Å². The van der Waals surface area contributed by atoms with Crippen LogP contribution in [-0.4, -0.2) is 57.3 Å². The van der Waals surface area contributed by atoms with Gasteiger partial charge in [-0.25, -0.2) is 0 Å². The van der Waals surface area contributed by atoms with Crippen LogP contribution in [0.4, 0.5) is 0 Å². The molecule has 7 heteroatoms. The lowest BCUT2D eigenvalue weighted by molar-refractivity contribution is -0.141. The van der Waals surface area contributed by atoms with Crippen LogP contribution in [0, 0.1) is 11.3 Å². The summed E-state index contributed by atoms with van der Waals surface area (Å²) in [7, 11) is 2.64. The van der Waals surface area contributed by atoms with E-state index in [0.717, 1.165) is 24.3 Å². The molecule has 0 atom stereocenters. The van der Waals surface area contributed by atoms with Crippen LogP contribution in [0.2, 0.25) is 0 Å². The second-order valence-electron chi connectivity index (χ2n) is 7.62. The first kappa shape index (κ1) is 23.7. The van der Waals surface area contributed by atoms with Crippen LogP contribution in [0.15, 0.2) is 24.3 Å². The van der Waals surface area contributed by atoms with E-state index in [1.165, 1.54) is 40.2 Å². The summed E-state index contributed by atoms with van der Waals surface area (Å²) in [6.07, 6.45) is 4.28. The molecule has 30 heavy (non-hydrogen) atoms. The third kappa shape index (κ3) is 7.03. The van der Waals surface area contributed by atoms with E-state index in [0.29, 0.717) is 6.61 Å². The number of esters is 2. The second kappa shape index (κ2) is 12.2. The van der Waals surface area contributed by atoms with E-state index < -0.39 is 5.41 Å². The van der Waals surface area contributed by atoms with Gasteiger partial charge in [0.25, 0.3) is 0 Å². The van der Waals surface area contributed by atoms with E-state index in [4.69, 9.17) is 14.2 Å². The number of hydrogen-bond acceptors (Lipinski definition) is 7. The van der Waals surface area contributed by atoms with E-state index >= 15 is 0 Å². The van der Waals surface area contributed by atoms with Gasteiger partial charge in [0.05, 0.1) is 32.3 Å². The molecule has 2 rings (SSSR count). The van der Waals surface area contributed by atoms with Gasteiger partial charge in [-0.2, -0.15) is 5.26 Å². The number of nitrogens with zero attached hydrogens (tertiary/aromatic N) is 2. The Morgan fingerprint density at radius 2 is 1.60 bits per heavy atom. The minimum atomic E-state index is -0.976. The lowest BCUT2D eigenvalue weighted by atomic mass is 9.74. The Kier molecular flexibility index (Phi) is 9.62. The van der Waals surface area contributed by atoms with Crippen LogP contribution in [0.3, 0.4) is 0 Å². The highest BCUT2D eigenvalue weighted by Gasteiger charge is 2.34. The molecule has 1 aliphatic heterocycles. The Hall–Kier alpha value is -2.59. The maximum atomic E-state index is 11.6. The van der Waals surface area contributed by atoms with Crippen LogP contribution in [-0.2, 0) is 24.5 Å². The smallest absolute Gasteiger partial charge is 0.305 e. The highest BCUT2D eigenvalue weighted by atomic mass is 16.5. The molecule has 0 spiro atoms. The normalized spacial score (nSPS) is 14.2. The van der Waals surface area contributed by atoms with Gasteiger partial charge in [-0.05, 0) is 62.9 Å². The molecule has 0 amide bonds. The number of methoxy groups -OCH3 is 2. The number of likely N-dealkylation sites (tertiary alicyclic amines) is 1. The van der Waals surface area contributed by atoms with Crippen molar-refractivity contribution in [2.75, 3.05) is 40.5 Å². The summed E-state index contributed by atoms with van der Waals surface area (Å²) < 4.78 is 15.3. The Bertz CT molecular complexity index is 700. The maximum Gasteiger partial charge on any atom is 0.305 e. The molecule has 0 aromatic heterocycles. The van der Waals surface area contributed by atoms with Crippen LogP contribution >= 0.6 is 0 Å². The first-order valence-corrected chi connectivity index (χ1v) is 10.5. The van der Waals surface area contributed by atoms with Gasteiger partial charge in [0, 0.05) is 19.4 Å². The molecule has 7 nitrogen and oxygen atoms in total. The quantitative estimate of drug-likeness (QED) is 0.382. The van der Waals surface area contributed by atoms with Gasteiger partial charge < -0.3 is 19.1 Å². The Morgan fingerprint density at radius 1 is 1.03 bits per heavy atom. The topological polar surface area (TPSA) is 88.9 Å². The molecule has 0 unspecified atom stereocenters.